The highest BCUT2D eigenvalue weighted by Gasteiger charge is 2.24. The second kappa shape index (κ2) is 8.54. The molecule has 3 rings (SSSR count). The molecule has 3 aromatic rings. The minimum atomic E-state index is -0.516. The Morgan fingerprint density at radius 1 is 1.13 bits per heavy atom. The number of nitrogens with zero attached hydrogens (tertiary/aromatic N) is 4. The largest absolute Gasteiger partial charge is 0.382 e. The fourth-order valence-corrected chi connectivity index (χ4v) is 3.43. The number of halogens is 1. The minimum Gasteiger partial charge on any atom is -0.382 e. The van der Waals surface area contributed by atoms with Crippen molar-refractivity contribution >= 4 is 46.1 Å². The summed E-state index contributed by atoms with van der Waals surface area (Å²) >= 11 is 5.86. The van der Waals surface area contributed by atoms with Crippen LogP contribution in [0.2, 0.25) is 5.15 Å². The van der Waals surface area contributed by atoms with Gasteiger partial charge < -0.3 is 22.1 Å². The van der Waals surface area contributed by atoms with Gasteiger partial charge >= 0.3 is 0 Å². The molecule has 0 aliphatic carbocycles. The molecule has 0 saturated heterocycles. The molecule has 0 atom stereocenters. The van der Waals surface area contributed by atoms with Crippen LogP contribution in [0.25, 0.3) is 11.0 Å². The molecule has 1 aromatic carbocycles. The van der Waals surface area contributed by atoms with Crippen LogP contribution in [0.15, 0.2) is 18.2 Å². The van der Waals surface area contributed by atoms with E-state index in [1.807, 2.05) is 42.2 Å². The summed E-state index contributed by atoms with van der Waals surface area (Å²) in [6, 6.07) is 5.52. The number of carbonyl (C=O) groups excluding carboxylic acids is 2. The van der Waals surface area contributed by atoms with Gasteiger partial charge in [-0.05, 0) is 26.0 Å². The highest BCUT2D eigenvalue weighted by Crippen LogP contribution is 2.19. The molecule has 2 aromatic heterocycles. The van der Waals surface area contributed by atoms with Crippen molar-refractivity contribution in [2.24, 2.45) is 7.05 Å². The number of benzene rings is 1. The molecule has 0 aliphatic rings. The van der Waals surface area contributed by atoms with Crippen molar-refractivity contribution in [2.75, 3.05) is 18.0 Å². The molecular weight excluding hydrogens is 408 g/mol. The van der Waals surface area contributed by atoms with E-state index in [9.17, 15) is 9.59 Å². The maximum atomic E-state index is 12.6. The lowest BCUT2D eigenvalue weighted by Gasteiger charge is -2.07. The topological polar surface area (TPSA) is 145 Å². The summed E-state index contributed by atoms with van der Waals surface area (Å²) in [7, 11) is 1.90. The SMILES string of the molecule is CCNC(=O)c1ccc2c(c1)n(CC)c(CNC(=O)c1nc(Cl)c(N)nc1N)[n+]2C. The molecule has 0 radical (unpaired) electrons. The molecule has 0 saturated carbocycles. The molecule has 2 heterocycles. The molecular formula is C19H24ClN8O2+. The summed E-state index contributed by atoms with van der Waals surface area (Å²) in [4.78, 5) is 32.5. The molecule has 10 nitrogen and oxygen atoms in total. The second-order valence-corrected chi connectivity index (χ2v) is 6.96. The lowest BCUT2D eigenvalue weighted by Crippen LogP contribution is -2.38. The standard InChI is InChI=1S/C19H23ClN8O2/c1-4-23-18(29)10-6-7-11-12(8-10)28(5-2)13(27(11)3)9-24-19(30)14-16(21)26-17(22)15(20)25-14/h6-8H,4-5,9H2,1-3H3,(H5-,21,22,23,24,26,29,30)/p+1. The van der Waals surface area contributed by atoms with Crippen molar-refractivity contribution in [1.82, 2.24) is 25.2 Å². The Balaban J connectivity index is 1.92. The van der Waals surface area contributed by atoms with Crippen LogP contribution in [0, 0.1) is 0 Å². The summed E-state index contributed by atoms with van der Waals surface area (Å²) in [5, 5.41) is 5.51. The van der Waals surface area contributed by atoms with Crippen LogP contribution in [0.4, 0.5) is 11.6 Å². The van der Waals surface area contributed by atoms with Gasteiger partial charge in [0.2, 0.25) is 0 Å². The quantitative estimate of drug-likeness (QED) is 0.424. The maximum absolute atomic E-state index is 12.6. The third kappa shape index (κ3) is 3.86. The number of aromatic nitrogens is 4. The van der Waals surface area contributed by atoms with Gasteiger partial charge in [-0.3, -0.25) is 9.59 Å². The number of hydrogen-bond acceptors (Lipinski definition) is 6. The van der Waals surface area contributed by atoms with E-state index in [1.165, 1.54) is 0 Å². The first kappa shape index (κ1) is 21.3. The molecule has 158 valence electrons. The normalized spacial score (nSPS) is 10.9. The zero-order valence-corrected chi connectivity index (χ0v) is 17.7. The average Bonchev–Trinajstić information content (AvgIpc) is 2.99. The van der Waals surface area contributed by atoms with Crippen LogP contribution in [0.5, 0.6) is 0 Å². The van der Waals surface area contributed by atoms with Crippen molar-refractivity contribution < 1.29 is 14.2 Å². The average molecular weight is 432 g/mol. The van der Waals surface area contributed by atoms with Crippen LogP contribution in [-0.2, 0) is 20.1 Å². The Hall–Kier alpha value is -3.40. The van der Waals surface area contributed by atoms with Crippen LogP contribution in [-0.4, -0.2) is 32.9 Å². The van der Waals surface area contributed by atoms with Crippen LogP contribution < -0.4 is 26.7 Å². The molecule has 0 aliphatic heterocycles. The summed E-state index contributed by atoms with van der Waals surface area (Å²) in [5.74, 6) is 0.0577. The van der Waals surface area contributed by atoms with Crippen molar-refractivity contribution in [3.8, 4) is 0 Å². The first-order chi connectivity index (χ1) is 14.3. The number of hydrogen-bond donors (Lipinski definition) is 4. The zero-order valence-electron chi connectivity index (χ0n) is 17.0. The van der Waals surface area contributed by atoms with Gasteiger partial charge in [0.15, 0.2) is 33.5 Å². The smallest absolute Gasteiger partial charge is 0.276 e. The summed E-state index contributed by atoms with van der Waals surface area (Å²) < 4.78 is 3.99. The predicted octanol–water partition coefficient (Wildman–Crippen LogP) is 0.773. The fourth-order valence-electron chi connectivity index (χ4n) is 3.30. The number of nitrogen functional groups attached to an aromatic ring is 2. The van der Waals surface area contributed by atoms with E-state index in [2.05, 4.69) is 20.6 Å². The molecule has 11 heteroatoms. The molecule has 6 N–H and O–H groups in total. The highest BCUT2D eigenvalue weighted by atomic mass is 35.5. The molecule has 30 heavy (non-hydrogen) atoms. The van der Waals surface area contributed by atoms with Crippen LogP contribution in [0.1, 0.15) is 40.5 Å². The van der Waals surface area contributed by atoms with E-state index in [0.29, 0.717) is 18.7 Å². The van der Waals surface area contributed by atoms with Crippen LogP contribution >= 0.6 is 11.6 Å². The summed E-state index contributed by atoms with van der Waals surface area (Å²) in [6.07, 6.45) is 0. The number of amides is 2. The fraction of sp³-hybridized carbons (Fsp3) is 0.316. The number of nitrogens with two attached hydrogens (primary N) is 2. The Morgan fingerprint density at radius 3 is 2.53 bits per heavy atom. The van der Waals surface area contributed by atoms with Crippen LogP contribution in [0.3, 0.4) is 0 Å². The number of fused-ring (bicyclic) bond motifs is 1. The summed E-state index contributed by atoms with van der Waals surface area (Å²) in [6.45, 7) is 5.27. The lowest BCUT2D eigenvalue weighted by atomic mass is 10.2. The Labute approximate surface area is 178 Å². The van der Waals surface area contributed by atoms with Gasteiger partial charge in [-0.2, -0.15) is 0 Å². The van der Waals surface area contributed by atoms with E-state index < -0.39 is 5.91 Å². The number of imidazole rings is 1. The molecule has 2 amide bonds. The minimum absolute atomic E-state index is 0.0360. The zero-order chi connectivity index (χ0) is 22.0. The number of nitrogens with one attached hydrogen (secondary N) is 2. The molecule has 0 bridgehead atoms. The van der Waals surface area contributed by atoms with Gasteiger partial charge in [0, 0.05) is 18.2 Å². The van der Waals surface area contributed by atoms with E-state index >= 15 is 0 Å². The molecule has 0 spiro atoms. The first-order valence-corrected chi connectivity index (χ1v) is 9.82. The second-order valence-electron chi connectivity index (χ2n) is 6.60. The third-order valence-corrected chi connectivity index (χ3v) is 5.05. The lowest BCUT2D eigenvalue weighted by molar-refractivity contribution is -0.654. The Kier molecular flexibility index (Phi) is 6.06. The molecule has 0 fully saturated rings. The van der Waals surface area contributed by atoms with E-state index in [4.69, 9.17) is 23.1 Å². The molecule has 0 unspecified atom stereocenters. The highest BCUT2D eigenvalue weighted by molar-refractivity contribution is 6.31. The van der Waals surface area contributed by atoms with Crippen molar-refractivity contribution in [1.29, 1.82) is 0 Å². The van der Waals surface area contributed by atoms with Gasteiger partial charge in [-0.15, -0.1) is 0 Å². The number of aryl methyl sites for hydroxylation is 2. The predicted molar refractivity (Wildman–Crippen MR) is 114 cm³/mol. The van der Waals surface area contributed by atoms with Gasteiger partial charge in [-0.1, -0.05) is 11.6 Å². The van der Waals surface area contributed by atoms with E-state index in [1.54, 1.807) is 6.07 Å². The van der Waals surface area contributed by atoms with Crippen molar-refractivity contribution in [2.45, 2.75) is 26.9 Å². The van der Waals surface area contributed by atoms with E-state index in [0.717, 1.165) is 16.9 Å². The van der Waals surface area contributed by atoms with Gasteiger partial charge in [0.1, 0.15) is 6.54 Å². The summed E-state index contributed by atoms with van der Waals surface area (Å²) in [5.41, 5.74) is 13.6. The van der Waals surface area contributed by atoms with Gasteiger partial charge in [0.25, 0.3) is 17.6 Å². The first-order valence-electron chi connectivity index (χ1n) is 9.44. The maximum Gasteiger partial charge on any atom is 0.276 e. The van der Waals surface area contributed by atoms with Gasteiger partial charge in [-0.25, -0.2) is 19.1 Å². The Bertz CT molecular complexity index is 1140. The van der Waals surface area contributed by atoms with Crippen molar-refractivity contribution in [3.63, 3.8) is 0 Å². The Morgan fingerprint density at radius 2 is 1.87 bits per heavy atom. The monoisotopic (exact) mass is 431 g/mol. The van der Waals surface area contributed by atoms with E-state index in [-0.39, 0.29) is 34.9 Å². The number of anilines is 2. The van der Waals surface area contributed by atoms with Crippen molar-refractivity contribution in [3.05, 3.63) is 40.4 Å². The van der Waals surface area contributed by atoms with Gasteiger partial charge in [0.05, 0.1) is 13.6 Å². The third-order valence-electron chi connectivity index (χ3n) is 4.77. The number of rotatable bonds is 6. The number of carbonyl (C=O) groups is 2.